The summed E-state index contributed by atoms with van der Waals surface area (Å²) in [5, 5.41) is 4.38. The number of thiazole rings is 1. The average molecular weight is 477 g/mol. The summed E-state index contributed by atoms with van der Waals surface area (Å²) in [4.78, 5) is 43.5. The highest BCUT2D eigenvalue weighted by molar-refractivity contribution is 7.09. The van der Waals surface area contributed by atoms with Gasteiger partial charge in [0.25, 0.3) is 5.91 Å². The van der Waals surface area contributed by atoms with Crippen molar-refractivity contribution in [2.24, 2.45) is 0 Å². The third-order valence-corrected chi connectivity index (χ3v) is 6.31. The Balaban J connectivity index is 1.51. The van der Waals surface area contributed by atoms with E-state index in [2.05, 4.69) is 4.98 Å². The predicted molar refractivity (Wildman–Crippen MR) is 110 cm³/mol. The van der Waals surface area contributed by atoms with Gasteiger partial charge in [-0.25, -0.2) is 9.78 Å². The van der Waals surface area contributed by atoms with Crippen LogP contribution in [0.1, 0.15) is 61.4 Å². The molecule has 3 rings (SSSR count). The van der Waals surface area contributed by atoms with Crippen LogP contribution in [0, 0.1) is 0 Å². The minimum Gasteiger partial charge on any atom is -0.444 e. The Morgan fingerprint density at radius 1 is 1.09 bits per heavy atom. The number of hydrogen-bond acceptors (Lipinski definition) is 6. The number of likely N-dealkylation sites (tertiary alicyclic amines) is 2. The zero-order valence-corrected chi connectivity index (χ0v) is 19.0. The lowest BCUT2D eigenvalue weighted by Crippen LogP contribution is -2.44. The number of amides is 3. The number of nitrogens with zero attached hydrogens (tertiary/aromatic N) is 3. The molecule has 178 valence electrons. The van der Waals surface area contributed by atoms with Gasteiger partial charge < -0.3 is 19.9 Å². The van der Waals surface area contributed by atoms with Crippen LogP contribution in [0.3, 0.4) is 0 Å². The second-order valence-corrected chi connectivity index (χ2v) is 9.91. The highest BCUT2D eigenvalue weighted by atomic mass is 32.1. The van der Waals surface area contributed by atoms with E-state index in [1.165, 1.54) is 16.2 Å². The molecule has 1 atom stereocenters. The number of rotatable bonds is 3. The van der Waals surface area contributed by atoms with E-state index in [0.717, 1.165) is 5.01 Å². The van der Waals surface area contributed by atoms with E-state index in [1.54, 1.807) is 10.3 Å². The molecule has 2 saturated heterocycles. The molecule has 2 fully saturated rings. The van der Waals surface area contributed by atoms with Crippen LogP contribution >= 0.6 is 11.3 Å². The molecule has 3 amide bonds. The first-order valence-electron chi connectivity index (χ1n) is 10.4. The van der Waals surface area contributed by atoms with Crippen molar-refractivity contribution in [2.75, 3.05) is 26.2 Å². The van der Waals surface area contributed by atoms with Crippen LogP contribution in [-0.2, 0) is 9.53 Å². The Labute approximate surface area is 188 Å². The lowest BCUT2D eigenvalue weighted by atomic mass is 9.98. The summed E-state index contributed by atoms with van der Waals surface area (Å²) in [5.74, 6) is -2.23. The number of halogens is 3. The summed E-state index contributed by atoms with van der Waals surface area (Å²) in [6.45, 7) is 6.80. The van der Waals surface area contributed by atoms with Gasteiger partial charge in [0.15, 0.2) is 0 Å². The van der Waals surface area contributed by atoms with Crippen LogP contribution < -0.4 is 5.32 Å². The van der Waals surface area contributed by atoms with E-state index in [9.17, 15) is 27.6 Å². The van der Waals surface area contributed by atoms with Crippen LogP contribution in [0.4, 0.5) is 18.0 Å². The second-order valence-electron chi connectivity index (χ2n) is 9.02. The predicted octanol–water partition coefficient (Wildman–Crippen LogP) is 3.15. The highest BCUT2D eigenvalue weighted by Gasteiger charge is 2.41. The molecule has 1 aromatic rings. The van der Waals surface area contributed by atoms with Crippen molar-refractivity contribution in [1.29, 1.82) is 0 Å². The standard InChI is InChI=1S/C20H27F3N4O4S/c1-19(2,3)31-18(30)26-7-4-12(5-8-26)15-25-14(11-32-15)16(28)27-9-6-13(10-27)24-17(29)20(21,22)23/h11-13H,4-10H2,1-3H3,(H,24,29). The van der Waals surface area contributed by atoms with Crippen molar-refractivity contribution in [3.05, 3.63) is 16.1 Å². The molecular formula is C20H27F3N4O4S. The third-order valence-electron chi connectivity index (χ3n) is 5.31. The van der Waals surface area contributed by atoms with Gasteiger partial charge in [-0.05, 0) is 40.0 Å². The number of alkyl halides is 3. The molecule has 1 aromatic heterocycles. The van der Waals surface area contributed by atoms with Gasteiger partial charge in [0, 0.05) is 43.5 Å². The molecular weight excluding hydrogens is 449 g/mol. The van der Waals surface area contributed by atoms with Crippen molar-refractivity contribution in [3.8, 4) is 0 Å². The van der Waals surface area contributed by atoms with Gasteiger partial charge in [0.2, 0.25) is 0 Å². The molecule has 0 radical (unpaired) electrons. The van der Waals surface area contributed by atoms with Crippen molar-refractivity contribution in [2.45, 2.75) is 63.8 Å². The minimum atomic E-state index is -4.94. The first-order chi connectivity index (χ1) is 14.8. The summed E-state index contributed by atoms with van der Waals surface area (Å²) in [7, 11) is 0. The summed E-state index contributed by atoms with van der Waals surface area (Å²) < 4.78 is 42.6. The fourth-order valence-corrected chi connectivity index (χ4v) is 4.67. The fraction of sp³-hybridized carbons (Fsp3) is 0.700. The SMILES string of the molecule is CC(C)(C)OC(=O)N1CCC(c2nc(C(=O)N3CCC(NC(=O)C(F)(F)F)C3)cs2)CC1. The van der Waals surface area contributed by atoms with Gasteiger partial charge in [0.1, 0.15) is 11.3 Å². The minimum absolute atomic E-state index is 0.0157. The Morgan fingerprint density at radius 3 is 2.31 bits per heavy atom. The summed E-state index contributed by atoms with van der Waals surface area (Å²) in [6.07, 6.45) is -3.62. The molecule has 32 heavy (non-hydrogen) atoms. The molecule has 12 heteroatoms. The van der Waals surface area contributed by atoms with Crippen LogP contribution in [-0.4, -0.2) is 76.7 Å². The number of carbonyl (C=O) groups is 3. The number of aromatic nitrogens is 1. The largest absolute Gasteiger partial charge is 0.471 e. The van der Waals surface area contributed by atoms with Crippen LogP contribution in [0.15, 0.2) is 5.38 Å². The van der Waals surface area contributed by atoms with Gasteiger partial charge >= 0.3 is 18.2 Å². The topological polar surface area (TPSA) is 91.8 Å². The normalized spacial score (nSPS) is 20.4. The molecule has 0 aliphatic carbocycles. The second kappa shape index (κ2) is 9.24. The van der Waals surface area contributed by atoms with Crippen LogP contribution in [0.5, 0.6) is 0 Å². The van der Waals surface area contributed by atoms with Crippen molar-refractivity contribution >= 4 is 29.2 Å². The quantitative estimate of drug-likeness (QED) is 0.724. The maximum absolute atomic E-state index is 12.7. The number of nitrogens with one attached hydrogen (secondary N) is 1. The first kappa shape index (κ1) is 24.3. The fourth-order valence-electron chi connectivity index (χ4n) is 3.70. The first-order valence-corrected chi connectivity index (χ1v) is 11.3. The Kier molecular flexibility index (Phi) is 7.01. The van der Waals surface area contributed by atoms with Gasteiger partial charge in [-0.2, -0.15) is 13.2 Å². The summed E-state index contributed by atoms with van der Waals surface area (Å²) in [5.41, 5.74) is -0.301. The van der Waals surface area contributed by atoms with E-state index in [-0.39, 0.29) is 43.1 Å². The number of carbonyl (C=O) groups excluding carboxylic acids is 3. The van der Waals surface area contributed by atoms with Crippen molar-refractivity contribution < 1.29 is 32.3 Å². The Morgan fingerprint density at radius 2 is 1.72 bits per heavy atom. The monoisotopic (exact) mass is 476 g/mol. The van der Waals surface area contributed by atoms with Crippen LogP contribution in [0.2, 0.25) is 0 Å². The molecule has 3 heterocycles. The Bertz CT molecular complexity index is 860. The number of piperidine rings is 1. The van der Waals surface area contributed by atoms with E-state index in [1.807, 2.05) is 26.1 Å². The summed E-state index contributed by atoms with van der Waals surface area (Å²) in [6, 6.07) is -0.733. The lowest BCUT2D eigenvalue weighted by molar-refractivity contribution is -0.174. The molecule has 2 aliphatic rings. The molecule has 0 saturated carbocycles. The summed E-state index contributed by atoms with van der Waals surface area (Å²) >= 11 is 1.37. The average Bonchev–Trinajstić information content (AvgIpc) is 3.35. The highest BCUT2D eigenvalue weighted by Crippen LogP contribution is 2.31. The van der Waals surface area contributed by atoms with Gasteiger partial charge in [-0.3, -0.25) is 9.59 Å². The maximum atomic E-state index is 12.7. The van der Waals surface area contributed by atoms with E-state index in [4.69, 9.17) is 4.74 Å². The van der Waals surface area contributed by atoms with Gasteiger partial charge in [-0.15, -0.1) is 11.3 Å². The molecule has 1 unspecified atom stereocenters. The molecule has 8 nitrogen and oxygen atoms in total. The van der Waals surface area contributed by atoms with Crippen molar-refractivity contribution in [3.63, 3.8) is 0 Å². The number of hydrogen-bond donors (Lipinski definition) is 1. The Hall–Kier alpha value is -2.37. The molecule has 0 bridgehead atoms. The lowest BCUT2D eigenvalue weighted by Gasteiger charge is -2.32. The third kappa shape index (κ3) is 6.11. The molecule has 0 aromatic carbocycles. The molecule has 2 aliphatic heterocycles. The van der Waals surface area contributed by atoms with Gasteiger partial charge in [0.05, 0.1) is 5.01 Å². The van der Waals surface area contributed by atoms with E-state index >= 15 is 0 Å². The zero-order valence-electron chi connectivity index (χ0n) is 18.2. The van der Waals surface area contributed by atoms with Crippen LogP contribution in [0.25, 0.3) is 0 Å². The number of ether oxygens (including phenoxy) is 1. The maximum Gasteiger partial charge on any atom is 0.471 e. The van der Waals surface area contributed by atoms with E-state index < -0.39 is 23.7 Å². The van der Waals surface area contributed by atoms with Gasteiger partial charge in [-0.1, -0.05) is 0 Å². The molecule has 0 spiro atoms. The molecule has 1 N–H and O–H groups in total. The van der Waals surface area contributed by atoms with E-state index in [0.29, 0.717) is 25.9 Å². The van der Waals surface area contributed by atoms with Crippen molar-refractivity contribution in [1.82, 2.24) is 20.1 Å². The smallest absolute Gasteiger partial charge is 0.444 e. The zero-order chi connectivity index (χ0) is 23.7.